The number of ether oxygens (including phenoxy) is 1. The lowest BCUT2D eigenvalue weighted by molar-refractivity contribution is 0.0938. The Labute approximate surface area is 180 Å². The summed E-state index contributed by atoms with van der Waals surface area (Å²) in [4.78, 5) is 35.5. The van der Waals surface area contributed by atoms with E-state index in [1.165, 1.54) is 4.40 Å². The Bertz CT molecular complexity index is 1190. The first kappa shape index (κ1) is 19.9. The highest BCUT2D eigenvalue weighted by Gasteiger charge is 2.23. The lowest BCUT2D eigenvalue weighted by atomic mass is 10.1. The van der Waals surface area contributed by atoms with Gasteiger partial charge in [0.05, 0.1) is 17.1 Å². The smallest absolute Gasteiger partial charge is 0.267 e. The maximum Gasteiger partial charge on any atom is 0.267 e. The lowest BCUT2D eigenvalue weighted by Gasteiger charge is -2.17. The molecule has 1 aliphatic carbocycles. The van der Waals surface area contributed by atoms with Crippen molar-refractivity contribution in [1.29, 1.82) is 0 Å². The number of nitrogens with zero attached hydrogens (tertiary/aromatic N) is 3. The Morgan fingerprint density at radius 3 is 2.81 bits per heavy atom. The highest BCUT2D eigenvalue weighted by atomic mass is 16.5. The van der Waals surface area contributed by atoms with E-state index in [0.29, 0.717) is 34.6 Å². The lowest BCUT2D eigenvalue weighted by Crippen LogP contribution is -2.34. The average molecular weight is 422 g/mol. The number of amides is 1. The van der Waals surface area contributed by atoms with Crippen molar-refractivity contribution in [1.82, 2.24) is 19.7 Å². The summed E-state index contributed by atoms with van der Waals surface area (Å²) in [7, 11) is 0. The Morgan fingerprint density at radius 2 is 2.03 bits per heavy atom. The van der Waals surface area contributed by atoms with Gasteiger partial charge < -0.3 is 15.4 Å². The van der Waals surface area contributed by atoms with Crippen molar-refractivity contribution < 1.29 is 9.53 Å². The van der Waals surface area contributed by atoms with Crippen LogP contribution in [0.15, 0.2) is 29.2 Å². The van der Waals surface area contributed by atoms with Gasteiger partial charge in [-0.05, 0) is 50.3 Å². The van der Waals surface area contributed by atoms with Gasteiger partial charge in [-0.15, -0.1) is 0 Å². The standard InChI is InChI=1S/C23H27N5O3/c1-14-8-9-19-26-21-18(23(30)28(19)13-14)11-17(22(29)25-15-5-2-3-6-15)20(27-21)24-12-16-7-4-10-31-16/h8-9,11,13,15-16H,2-7,10,12H2,1H3,(H,24,27)(H,25,29)/t16-/m1/s1. The minimum atomic E-state index is -0.225. The molecule has 0 unspecified atom stereocenters. The molecule has 1 saturated carbocycles. The van der Waals surface area contributed by atoms with E-state index >= 15 is 0 Å². The van der Waals surface area contributed by atoms with E-state index in [1.807, 2.05) is 13.0 Å². The summed E-state index contributed by atoms with van der Waals surface area (Å²) >= 11 is 0. The molecular formula is C23H27N5O3. The molecule has 162 valence electrons. The molecule has 31 heavy (non-hydrogen) atoms. The Hall–Kier alpha value is -3.00. The zero-order valence-electron chi connectivity index (χ0n) is 17.7. The summed E-state index contributed by atoms with van der Waals surface area (Å²) in [6.07, 6.45) is 8.10. The van der Waals surface area contributed by atoms with Crippen LogP contribution < -0.4 is 16.2 Å². The SMILES string of the molecule is Cc1ccc2nc3nc(NC[C@H]4CCCO4)c(C(=O)NC4CCCC4)cc3c(=O)n2c1. The summed E-state index contributed by atoms with van der Waals surface area (Å²) in [5.41, 5.74) is 1.98. The van der Waals surface area contributed by atoms with Crippen LogP contribution in [-0.4, -0.2) is 45.6 Å². The van der Waals surface area contributed by atoms with E-state index in [-0.39, 0.29) is 23.6 Å². The second kappa shape index (κ2) is 8.26. The van der Waals surface area contributed by atoms with Gasteiger partial charge >= 0.3 is 0 Å². The third kappa shape index (κ3) is 3.99. The maximum absolute atomic E-state index is 13.1. The van der Waals surface area contributed by atoms with Crippen molar-refractivity contribution in [3.63, 3.8) is 0 Å². The van der Waals surface area contributed by atoms with Crippen molar-refractivity contribution >= 4 is 28.4 Å². The highest BCUT2D eigenvalue weighted by Crippen LogP contribution is 2.22. The van der Waals surface area contributed by atoms with Crippen LogP contribution in [0.1, 0.15) is 54.4 Å². The van der Waals surface area contributed by atoms with Gasteiger partial charge in [-0.3, -0.25) is 14.0 Å². The number of rotatable bonds is 5. The Morgan fingerprint density at radius 1 is 1.19 bits per heavy atom. The molecule has 2 fully saturated rings. The quantitative estimate of drug-likeness (QED) is 0.615. The number of carbonyl (C=O) groups excluding carboxylic acids is 1. The molecule has 1 aliphatic heterocycles. The van der Waals surface area contributed by atoms with E-state index in [4.69, 9.17) is 4.74 Å². The van der Waals surface area contributed by atoms with Crippen LogP contribution in [-0.2, 0) is 4.74 Å². The Balaban J connectivity index is 1.58. The fourth-order valence-electron chi connectivity index (χ4n) is 4.49. The first-order valence-corrected chi connectivity index (χ1v) is 11.1. The van der Waals surface area contributed by atoms with Gasteiger partial charge in [-0.2, -0.15) is 0 Å². The maximum atomic E-state index is 13.1. The van der Waals surface area contributed by atoms with Crippen LogP contribution in [0, 0.1) is 6.92 Å². The van der Waals surface area contributed by atoms with Crippen molar-refractivity contribution in [2.24, 2.45) is 0 Å². The number of hydrogen-bond acceptors (Lipinski definition) is 6. The summed E-state index contributed by atoms with van der Waals surface area (Å²) in [6, 6.07) is 5.52. The van der Waals surface area contributed by atoms with E-state index in [0.717, 1.165) is 50.7 Å². The van der Waals surface area contributed by atoms with Gasteiger partial charge in [-0.1, -0.05) is 18.9 Å². The molecule has 8 heteroatoms. The van der Waals surface area contributed by atoms with Crippen LogP contribution in [0.3, 0.4) is 0 Å². The second-order valence-electron chi connectivity index (χ2n) is 8.58. The van der Waals surface area contributed by atoms with E-state index in [9.17, 15) is 9.59 Å². The third-order valence-electron chi connectivity index (χ3n) is 6.20. The molecule has 8 nitrogen and oxygen atoms in total. The number of aryl methyl sites for hydroxylation is 1. The predicted octanol–water partition coefficient (Wildman–Crippen LogP) is 2.81. The number of fused-ring (bicyclic) bond motifs is 2. The molecule has 2 aliphatic rings. The molecular weight excluding hydrogens is 394 g/mol. The summed E-state index contributed by atoms with van der Waals surface area (Å²) in [5.74, 6) is 0.242. The zero-order valence-corrected chi connectivity index (χ0v) is 17.7. The van der Waals surface area contributed by atoms with Gasteiger partial charge in [0.2, 0.25) is 0 Å². The summed E-state index contributed by atoms with van der Waals surface area (Å²) in [6.45, 7) is 3.25. The Kier molecular flexibility index (Phi) is 5.31. The molecule has 0 radical (unpaired) electrons. The van der Waals surface area contributed by atoms with Crippen molar-refractivity contribution in [3.8, 4) is 0 Å². The zero-order chi connectivity index (χ0) is 21.4. The minimum Gasteiger partial charge on any atom is -0.376 e. The van der Waals surface area contributed by atoms with Crippen LogP contribution in [0.4, 0.5) is 5.82 Å². The van der Waals surface area contributed by atoms with E-state index in [2.05, 4.69) is 20.6 Å². The summed E-state index contributed by atoms with van der Waals surface area (Å²) in [5, 5.41) is 6.73. The first-order valence-electron chi connectivity index (χ1n) is 11.1. The van der Waals surface area contributed by atoms with Gasteiger partial charge in [0.15, 0.2) is 5.65 Å². The third-order valence-corrected chi connectivity index (χ3v) is 6.20. The topological polar surface area (TPSA) is 97.6 Å². The van der Waals surface area contributed by atoms with Gasteiger partial charge in [0.1, 0.15) is 11.5 Å². The molecule has 3 aromatic heterocycles. The molecule has 5 rings (SSSR count). The molecule has 0 aromatic carbocycles. The van der Waals surface area contributed by atoms with Crippen LogP contribution in [0.25, 0.3) is 16.7 Å². The molecule has 1 amide bonds. The fourth-order valence-corrected chi connectivity index (χ4v) is 4.49. The highest BCUT2D eigenvalue weighted by molar-refractivity contribution is 6.02. The number of hydrogen-bond donors (Lipinski definition) is 2. The molecule has 0 spiro atoms. The molecule has 3 aromatic rings. The molecule has 1 atom stereocenters. The number of carbonyl (C=O) groups is 1. The monoisotopic (exact) mass is 421 g/mol. The van der Waals surface area contributed by atoms with Gasteiger partial charge in [0, 0.05) is 25.4 Å². The molecule has 1 saturated heterocycles. The van der Waals surface area contributed by atoms with Crippen molar-refractivity contribution in [2.45, 2.75) is 57.6 Å². The predicted molar refractivity (Wildman–Crippen MR) is 119 cm³/mol. The van der Waals surface area contributed by atoms with Crippen LogP contribution >= 0.6 is 0 Å². The molecule has 4 heterocycles. The molecule has 2 N–H and O–H groups in total. The van der Waals surface area contributed by atoms with Crippen LogP contribution in [0.2, 0.25) is 0 Å². The van der Waals surface area contributed by atoms with E-state index < -0.39 is 0 Å². The average Bonchev–Trinajstić information content (AvgIpc) is 3.47. The van der Waals surface area contributed by atoms with Gasteiger partial charge in [-0.25, -0.2) is 9.97 Å². The van der Waals surface area contributed by atoms with E-state index in [1.54, 1.807) is 18.3 Å². The number of nitrogens with one attached hydrogen (secondary N) is 2. The largest absolute Gasteiger partial charge is 0.376 e. The first-order chi connectivity index (χ1) is 15.1. The van der Waals surface area contributed by atoms with Gasteiger partial charge in [0.25, 0.3) is 11.5 Å². The second-order valence-corrected chi connectivity index (χ2v) is 8.58. The summed E-state index contributed by atoms with van der Waals surface area (Å²) < 4.78 is 7.21. The molecule has 0 bridgehead atoms. The van der Waals surface area contributed by atoms with Crippen molar-refractivity contribution in [3.05, 3.63) is 45.9 Å². The van der Waals surface area contributed by atoms with Crippen LogP contribution in [0.5, 0.6) is 0 Å². The number of aromatic nitrogens is 3. The number of pyridine rings is 2. The normalized spacial score (nSPS) is 19.3. The number of anilines is 1. The fraction of sp³-hybridized carbons (Fsp3) is 0.478. The van der Waals surface area contributed by atoms with Crippen molar-refractivity contribution in [2.75, 3.05) is 18.5 Å². The minimum absolute atomic E-state index is 0.0985.